The first-order chi connectivity index (χ1) is 16.9. The largest absolute Gasteiger partial charge is 0.497 e. The number of nitrogens with zero attached hydrogens (tertiary/aromatic N) is 3. The smallest absolute Gasteiger partial charge is 0.270 e. The van der Waals surface area contributed by atoms with Crippen LogP contribution in [0.25, 0.3) is 10.9 Å². The Bertz CT molecular complexity index is 1560. The Balaban J connectivity index is 1.32. The van der Waals surface area contributed by atoms with Crippen molar-refractivity contribution in [2.75, 3.05) is 24.4 Å². The Morgan fingerprint density at radius 3 is 2.83 bits per heavy atom. The molecule has 2 aromatic heterocycles. The van der Waals surface area contributed by atoms with Crippen LogP contribution in [0, 0.1) is 0 Å². The second-order valence-electron chi connectivity index (χ2n) is 8.85. The molecule has 1 fully saturated rings. The highest BCUT2D eigenvalue weighted by Crippen LogP contribution is 2.65. The molecule has 10 heteroatoms. The maximum absolute atomic E-state index is 13.0. The highest BCUT2D eigenvalue weighted by molar-refractivity contribution is 6.10. The third-order valence-corrected chi connectivity index (χ3v) is 6.90. The second kappa shape index (κ2) is 7.59. The topological polar surface area (TPSA) is 123 Å². The van der Waals surface area contributed by atoms with Crippen LogP contribution in [0.4, 0.5) is 17.3 Å². The Hall–Kier alpha value is -4.34. The lowest BCUT2D eigenvalue weighted by Crippen LogP contribution is -2.21. The molecule has 4 aromatic rings. The minimum Gasteiger partial charge on any atom is -0.497 e. The molecule has 2 atom stereocenters. The molecular formula is C25H24N6O4. The number of fused-ring (bicyclic) bond motifs is 3. The van der Waals surface area contributed by atoms with Gasteiger partial charge in [0.25, 0.3) is 5.56 Å². The van der Waals surface area contributed by atoms with Crippen molar-refractivity contribution in [3.05, 3.63) is 63.9 Å². The second-order valence-corrected chi connectivity index (χ2v) is 8.85. The number of hydrogen-bond acceptors (Lipinski definition) is 7. The molecule has 1 aliphatic heterocycles. The lowest BCUT2D eigenvalue weighted by atomic mass is 9.91. The summed E-state index contributed by atoms with van der Waals surface area (Å²) in [5.41, 5.74) is 2.91. The number of aromatic nitrogens is 4. The van der Waals surface area contributed by atoms with Gasteiger partial charge in [0.05, 0.1) is 30.7 Å². The summed E-state index contributed by atoms with van der Waals surface area (Å²) in [6.45, 7) is 2.25. The van der Waals surface area contributed by atoms with Gasteiger partial charge in [0.2, 0.25) is 5.91 Å². The number of benzene rings is 2. The first-order valence-electron chi connectivity index (χ1n) is 11.4. The van der Waals surface area contributed by atoms with Gasteiger partial charge in [-0.25, -0.2) is 4.68 Å². The van der Waals surface area contributed by atoms with E-state index in [1.165, 1.54) is 10.7 Å². The number of amides is 1. The van der Waals surface area contributed by atoms with E-state index in [0.29, 0.717) is 24.0 Å². The zero-order valence-corrected chi connectivity index (χ0v) is 19.5. The molecule has 1 saturated carbocycles. The third kappa shape index (κ3) is 3.17. The van der Waals surface area contributed by atoms with E-state index in [0.717, 1.165) is 39.9 Å². The number of H-pyrrole nitrogens is 1. The zero-order chi connectivity index (χ0) is 24.3. The van der Waals surface area contributed by atoms with Gasteiger partial charge in [-0.2, -0.15) is 5.10 Å². The molecule has 1 aliphatic carbocycles. The van der Waals surface area contributed by atoms with E-state index in [9.17, 15) is 9.59 Å². The third-order valence-electron chi connectivity index (χ3n) is 6.90. The number of ether oxygens (including phenoxy) is 2. The van der Waals surface area contributed by atoms with Crippen LogP contribution in [-0.2, 0) is 17.3 Å². The lowest BCUT2D eigenvalue weighted by Gasteiger charge is -2.11. The van der Waals surface area contributed by atoms with Crippen molar-refractivity contribution in [3.63, 3.8) is 0 Å². The molecule has 0 saturated heterocycles. The zero-order valence-electron chi connectivity index (χ0n) is 19.5. The van der Waals surface area contributed by atoms with Crippen LogP contribution in [0.5, 0.6) is 11.5 Å². The molecule has 3 N–H and O–H groups in total. The van der Waals surface area contributed by atoms with Crippen LogP contribution >= 0.6 is 0 Å². The predicted octanol–water partition coefficient (Wildman–Crippen LogP) is 3.18. The summed E-state index contributed by atoms with van der Waals surface area (Å²) in [5.74, 6) is 2.17. The van der Waals surface area contributed by atoms with Crippen molar-refractivity contribution in [2.45, 2.75) is 24.7 Å². The fourth-order valence-electron chi connectivity index (χ4n) is 5.03. The van der Waals surface area contributed by atoms with E-state index in [1.54, 1.807) is 14.2 Å². The Morgan fingerprint density at radius 1 is 1.17 bits per heavy atom. The van der Waals surface area contributed by atoms with Crippen LogP contribution in [-0.4, -0.2) is 39.6 Å². The monoisotopic (exact) mass is 472 g/mol. The van der Waals surface area contributed by atoms with E-state index >= 15 is 0 Å². The Kier molecular flexibility index (Phi) is 4.60. The van der Waals surface area contributed by atoms with Gasteiger partial charge in [-0.05, 0) is 54.8 Å². The van der Waals surface area contributed by atoms with Crippen LogP contribution in [0.3, 0.4) is 0 Å². The number of carbonyl (C=O) groups excluding carboxylic acids is 1. The van der Waals surface area contributed by atoms with Crippen molar-refractivity contribution in [2.24, 2.45) is 7.05 Å². The average molecular weight is 473 g/mol. The van der Waals surface area contributed by atoms with Gasteiger partial charge in [0.15, 0.2) is 17.4 Å². The minimum absolute atomic E-state index is 0.0297. The van der Waals surface area contributed by atoms with Gasteiger partial charge in [-0.3, -0.25) is 14.7 Å². The maximum atomic E-state index is 13.0. The quantitative estimate of drug-likeness (QED) is 0.394. The van der Waals surface area contributed by atoms with Crippen molar-refractivity contribution in [3.8, 4) is 11.5 Å². The summed E-state index contributed by atoms with van der Waals surface area (Å²) < 4.78 is 12.2. The van der Waals surface area contributed by atoms with E-state index in [4.69, 9.17) is 9.47 Å². The maximum Gasteiger partial charge on any atom is 0.270 e. The first kappa shape index (κ1) is 21.2. The van der Waals surface area contributed by atoms with Gasteiger partial charge >= 0.3 is 0 Å². The summed E-state index contributed by atoms with van der Waals surface area (Å²) in [6, 6.07) is 13.2. The molecule has 1 amide bonds. The van der Waals surface area contributed by atoms with Crippen LogP contribution < -0.4 is 25.7 Å². The molecule has 0 unspecified atom stereocenters. The van der Waals surface area contributed by atoms with Crippen molar-refractivity contribution in [1.29, 1.82) is 0 Å². The summed E-state index contributed by atoms with van der Waals surface area (Å²) in [6.07, 6.45) is 0.740. The molecule has 3 heterocycles. The van der Waals surface area contributed by atoms with Crippen LogP contribution in [0.15, 0.2) is 47.3 Å². The van der Waals surface area contributed by atoms with Crippen LogP contribution in [0.1, 0.15) is 30.4 Å². The van der Waals surface area contributed by atoms with Gasteiger partial charge in [-0.1, -0.05) is 6.07 Å². The van der Waals surface area contributed by atoms with Crippen molar-refractivity contribution in [1.82, 2.24) is 20.0 Å². The SMILES string of the molecule is CCOc1cc(=O)n(C)nc1Nc1n[nH]c2cc([C@@H]3C[C@@]34C(=O)Nc3ccc(OC)cc34)ccc12. The summed E-state index contributed by atoms with van der Waals surface area (Å²) in [4.78, 5) is 24.9. The molecule has 178 valence electrons. The number of nitrogens with one attached hydrogen (secondary N) is 3. The minimum atomic E-state index is -0.566. The van der Waals surface area contributed by atoms with Gasteiger partial charge in [0, 0.05) is 24.0 Å². The van der Waals surface area contributed by atoms with E-state index < -0.39 is 5.41 Å². The number of hydrogen-bond donors (Lipinski definition) is 3. The summed E-state index contributed by atoms with van der Waals surface area (Å²) in [5, 5.41) is 18.8. The molecule has 35 heavy (non-hydrogen) atoms. The summed E-state index contributed by atoms with van der Waals surface area (Å²) in [7, 11) is 3.21. The predicted molar refractivity (Wildman–Crippen MR) is 131 cm³/mol. The molecular weight excluding hydrogens is 448 g/mol. The van der Waals surface area contributed by atoms with Gasteiger partial charge in [-0.15, -0.1) is 5.10 Å². The summed E-state index contributed by atoms with van der Waals surface area (Å²) >= 11 is 0. The molecule has 0 bridgehead atoms. The number of aromatic amines is 1. The molecule has 2 aliphatic rings. The Morgan fingerprint density at radius 2 is 2.03 bits per heavy atom. The lowest BCUT2D eigenvalue weighted by molar-refractivity contribution is -0.118. The van der Waals surface area contributed by atoms with Gasteiger partial charge < -0.3 is 20.1 Å². The number of carbonyl (C=O) groups is 1. The number of anilines is 3. The van der Waals surface area contributed by atoms with Crippen molar-refractivity contribution < 1.29 is 14.3 Å². The van der Waals surface area contributed by atoms with E-state index in [-0.39, 0.29) is 17.4 Å². The average Bonchev–Trinajstić information content (AvgIpc) is 3.40. The standard InChI is InChI=1S/C25H24N6O4/c1-4-35-20-11-21(32)31(2)30-23(20)27-22-15-7-5-13(9-19(15)28-29-22)17-12-25(17)16-10-14(34-3)6-8-18(16)26-24(25)33/h5-11,17H,4,12H2,1-3H3,(H,26,33)(H2,27,28,29,30)/t17-,25-/m0/s1. The highest BCUT2D eigenvalue weighted by atomic mass is 16.5. The molecule has 2 aromatic carbocycles. The van der Waals surface area contributed by atoms with E-state index in [1.807, 2.05) is 43.3 Å². The van der Waals surface area contributed by atoms with E-state index in [2.05, 4.69) is 25.9 Å². The molecule has 1 spiro atoms. The highest BCUT2D eigenvalue weighted by Gasteiger charge is 2.65. The molecule has 10 nitrogen and oxygen atoms in total. The first-order valence-corrected chi connectivity index (χ1v) is 11.4. The normalized spacial score (nSPS) is 20.1. The fraction of sp³-hybridized carbons (Fsp3) is 0.280. The fourth-order valence-corrected chi connectivity index (χ4v) is 5.03. The van der Waals surface area contributed by atoms with Crippen molar-refractivity contribution >= 4 is 34.1 Å². The number of rotatable bonds is 6. The number of methoxy groups -OCH3 is 1. The molecule has 6 rings (SSSR count). The Labute approximate surface area is 200 Å². The molecule has 0 radical (unpaired) electrons. The van der Waals surface area contributed by atoms with Gasteiger partial charge in [0.1, 0.15) is 5.75 Å². The van der Waals surface area contributed by atoms with Crippen LogP contribution in [0.2, 0.25) is 0 Å². The number of aryl methyl sites for hydroxylation is 1.